The molecule has 0 aliphatic heterocycles. The first kappa shape index (κ1) is 12.4. The minimum Gasteiger partial charge on any atom is -0.373 e. The molecule has 0 N–H and O–H groups in total. The third-order valence-electron chi connectivity index (χ3n) is 0.977. The van der Waals surface area contributed by atoms with Crippen molar-refractivity contribution in [2.75, 3.05) is 5.94 Å². The Balaban J connectivity index is 3.69. The first-order valence-corrected chi connectivity index (χ1v) is 6.14. The van der Waals surface area contributed by atoms with E-state index in [0.29, 0.717) is 5.94 Å². The maximum Gasteiger partial charge on any atom is 0.485 e. The molecule has 0 saturated carbocycles. The Morgan fingerprint density at radius 3 is 1.75 bits per heavy atom. The normalized spacial score (nSPS) is 12.0. The van der Waals surface area contributed by atoms with Crippen molar-refractivity contribution in [2.45, 2.75) is 39.9 Å². The predicted molar refractivity (Wildman–Crippen MR) is 54.5 cm³/mol. The van der Waals surface area contributed by atoms with Gasteiger partial charge in [-0.1, -0.05) is 0 Å². The molecule has 0 rings (SSSR count). The quantitative estimate of drug-likeness (QED) is 0.408. The molecular formula is C7H18O3SSi. The highest BCUT2D eigenvalue weighted by molar-refractivity contribution is 7.80. The summed E-state index contributed by atoms with van der Waals surface area (Å²) in [7, 11) is -1.93. The molecular weight excluding hydrogens is 192 g/mol. The van der Waals surface area contributed by atoms with Crippen LogP contribution in [0.25, 0.3) is 0 Å². The molecule has 0 radical (unpaired) electrons. The summed E-state index contributed by atoms with van der Waals surface area (Å²) in [6.07, 6.45) is 0.306. The number of hydrogen-bond donors (Lipinski definition) is 1. The lowest BCUT2D eigenvalue weighted by atomic mass is 10.5. The third kappa shape index (κ3) is 7.12. The summed E-state index contributed by atoms with van der Waals surface area (Å²) in [5, 5.41) is 0. The van der Waals surface area contributed by atoms with Gasteiger partial charge in [0.25, 0.3) is 0 Å². The Bertz CT molecular complexity index is 101. The van der Waals surface area contributed by atoms with Crippen molar-refractivity contribution in [1.82, 2.24) is 0 Å². The fourth-order valence-corrected chi connectivity index (χ4v) is 2.21. The van der Waals surface area contributed by atoms with E-state index in [4.69, 9.17) is 13.3 Å². The van der Waals surface area contributed by atoms with Gasteiger partial charge in [0.1, 0.15) is 0 Å². The van der Waals surface area contributed by atoms with E-state index in [-0.39, 0.29) is 12.2 Å². The second-order valence-corrected chi connectivity index (χ2v) is 4.67. The van der Waals surface area contributed by atoms with Gasteiger partial charge in [0.2, 0.25) is 0 Å². The van der Waals surface area contributed by atoms with Crippen LogP contribution in [0.4, 0.5) is 0 Å². The minimum absolute atomic E-state index is 0.153. The average molecular weight is 210 g/mol. The van der Waals surface area contributed by atoms with Crippen molar-refractivity contribution >= 4 is 22.2 Å². The number of rotatable bonds is 6. The molecule has 74 valence electrons. The Labute approximate surface area is 81.8 Å². The number of hydrogen-bond acceptors (Lipinski definition) is 4. The Morgan fingerprint density at radius 2 is 1.50 bits per heavy atom. The van der Waals surface area contributed by atoms with E-state index in [1.807, 2.05) is 27.7 Å². The van der Waals surface area contributed by atoms with E-state index in [2.05, 4.69) is 12.6 Å². The first-order valence-electron chi connectivity index (χ1n) is 4.09. The molecule has 0 aliphatic carbocycles. The van der Waals surface area contributed by atoms with Gasteiger partial charge < -0.3 is 13.3 Å². The van der Waals surface area contributed by atoms with E-state index < -0.39 is 9.53 Å². The molecule has 0 fully saturated rings. The van der Waals surface area contributed by atoms with E-state index in [1.54, 1.807) is 0 Å². The van der Waals surface area contributed by atoms with Gasteiger partial charge in [0.05, 0.1) is 5.94 Å². The van der Waals surface area contributed by atoms with Crippen molar-refractivity contribution in [2.24, 2.45) is 0 Å². The van der Waals surface area contributed by atoms with Crippen molar-refractivity contribution < 1.29 is 13.3 Å². The lowest BCUT2D eigenvalue weighted by molar-refractivity contribution is 0.0613. The van der Waals surface area contributed by atoms with Crippen LogP contribution in [0.5, 0.6) is 0 Å². The molecule has 0 bridgehead atoms. The maximum absolute atomic E-state index is 5.45. The molecule has 0 aromatic heterocycles. The molecule has 0 unspecified atom stereocenters. The zero-order valence-electron chi connectivity index (χ0n) is 8.11. The Hall–Kier alpha value is 0.447. The van der Waals surface area contributed by atoms with Gasteiger partial charge in [0.15, 0.2) is 0 Å². The molecule has 3 nitrogen and oxygen atoms in total. The van der Waals surface area contributed by atoms with Gasteiger partial charge in [-0.2, -0.15) is 12.6 Å². The molecule has 0 aromatic carbocycles. The summed E-state index contributed by atoms with van der Waals surface area (Å²) in [5.41, 5.74) is 0. The van der Waals surface area contributed by atoms with Crippen molar-refractivity contribution in [3.05, 3.63) is 0 Å². The summed E-state index contributed by atoms with van der Waals surface area (Å²) in [4.78, 5) is 0. The van der Waals surface area contributed by atoms with Crippen LogP contribution in [0.2, 0.25) is 0 Å². The molecule has 12 heavy (non-hydrogen) atoms. The van der Waals surface area contributed by atoms with Crippen molar-refractivity contribution in [3.63, 3.8) is 0 Å². The van der Waals surface area contributed by atoms with Crippen molar-refractivity contribution in [1.29, 1.82) is 0 Å². The molecule has 0 atom stereocenters. The number of thiol groups is 1. The van der Waals surface area contributed by atoms with Gasteiger partial charge in [-0.3, -0.25) is 0 Å². The summed E-state index contributed by atoms with van der Waals surface area (Å²) >= 11 is 3.96. The lowest BCUT2D eigenvalue weighted by Gasteiger charge is -2.19. The lowest BCUT2D eigenvalue weighted by Crippen LogP contribution is -2.32. The van der Waals surface area contributed by atoms with Crippen LogP contribution >= 0.6 is 12.6 Å². The summed E-state index contributed by atoms with van der Waals surface area (Å²) < 4.78 is 16.1. The highest BCUT2D eigenvalue weighted by Crippen LogP contribution is 2.01. The Kier molecular flexibility index (Phi) is 7.17. The topological polar surface area (TPSA) is 27.7 Å². The SMILES string of the molecule is CC(C)O[SiH](OCS)OC(C)C. The van der Waals surface area contributed by atoms with Crippen LogP contribution < -0.4 is 0 Å². The molecule has 0 amide bonds. The summed E-state index contributed by atoms with van der Waals surface area (Å²) in [6.45, 7) is 7.86. The summed E-state index contributed by atoms with van der Waals surface area (Å²) in [6, 6.07) is 0. The monoisotopic (exact) mass is 210 g/mol. The average Bonchev–Trinajstić information content (AvgIpc) is 1.84. The standard InChI is InChI=1S/C7H18O3SSi/c1-6(2)9-12(8-5-11)10-7(3)4/h6-7,11-12H,5H2,1-4H3. The molecule has 0 heterocycles. The highest BCUT2D eigenvalue weighted by Gasteiger charge is 2.17. The van der Waals surface area contributed by atoms with Crippen LogP contribution in [-0.2, 0) is 13.3 Å². The largest absolute Gasteiger partial charge is 0.485 e. The van der Waals surface area contributed by atoms with Gasteiger partial charge in [-0.25, -0.2) is 0 Å². The van der Waals surface area contributed by atoms with Crippen molar-refractivity contribution in [3.8, 4) is 0 Å². The second kappa shape index (κ2) is 6.91. The molecule has 5 heteroatoms. The Morgan fingerprint density at radius 1 is 1.08 bits per heavy atom. The zero-order valence-corrected chi connectivity index (χ0v) is 10.2. The predicted octanol–water partition coefficient (Wildman–Crippen LogP) is 1.46. The maximum atomic E-state index is 5.45. The van der Waals surface area contributed by atoms with Crippen LogP contribution in [0.15, 0.2) is 0 Å². The van der Waals surface area contributed by atoms with Gasteiger partial charge in [-0.05, 0) is 27.7 Å². The molecule has 0 spiro atoms. The van der Waals surface area contributed by atoms with Gasteiger partial charge >= 0.3 is 9.53 Å². The van der Waals surface area contributed by atoms with E-state index >= 15 is 0 Å². The smallest absolute Gasteiger partial charge is 0.373 e. The van der Waals surface area contributed by atoms with Crippen LogP contribution in [-0.4, -0.2) is 27.7 Å². The minimum atomic E-state index is -1.93. The fraction of sp³-hybridized carbons (Fsp3) is 1.00. The second-order valence-electron chi connectivity index (χ2n) is 2.95. The van der Waals surface area contributed by atoms with Gasteiger partial charge in [0, 0.05) is 12.2 Å². The molecule has 0 saturated heterocycles. The molecule has 0 aromatic rings. The third-order valence-corrected chi connectivity index (χ3v) is 3.38. The van der Waals surface area contributed by atoms with E-state index in [1.165, 1.54) is 0 Å². The van der Waals surface area contributed by atoms with Crippen LogP contribution in [0.3, 0.4) is 0 Å². The molecule has 0 aliphatic rings. The van der Waals surface area contributed by atoms with Crippen LogP contribution in [0.1, 0.15) is 27.7 Å². The highest BCUT2D eigenvalue weighted by atomic mass is 32.1. The van der Waals surface area contributed by atoms with Gasteiger partial charge in [-0.15, -0.1) is 0 Å². The summed E-state index contributed by atoms with van der Waals surface area (Å²) in [5.74, 6) is 0.357. The van der Waals surface area contributed by atoms with E-state index in [0.717, 1.165) is 0 Å². The fourth-order valence-electron chi connectivity index (χ4n) is 0.616. The first-order chi connectivity index (χ1) is 5.56. The van der Waals surface area contributed by atoms with E-state index in [9.17, 15) is 0 Å². The van der Waals surface area contributed by atoms with Crippen LogP contribution in [0, 0.1) is 0 Å². The zero-order chi connectivity index (χ0) is 9.56.